The molecule has 1 aliphatic heterocycles. The molecule has 2 aromatic carbocycles. The molecule has 0 spiro atoms. The van der Waals surface area contributed by atoms with E-state index in [-0.39, 0.29) is 28.9 Å². The second-order valence-electron chi connectivity index (χ2n) is 6.07. The van der Waals surface area contributed by atoms with Crippen molar-refractivity contribution in [3.8, 4) is 0 Å². The van der Waals surface area contributed by atoms with Crippen molar-refractivity contribution in [2.75, 3.05) is 13.2 Å². The number of sulfonamides is 1. The number of hydrogen-bond acceptors (Lipinski definition) is 4. The molecule has 1 unspecified atom stereocenters. The van der Waals surface area contributed by atoms with Gasteiger partial charge in [0.15, 0.2) is 0 Å². The van der Waals surface area contributed by atoms with Crippen molar-refractivity contribution in [1.29, 1.82) is 0 Å². The number of halogens is 1. The molecule has 1 fully saturated rings. The molecule has 2 aromatic rings. The topological polar surface area (TPSA) is 63.7 Å². The van der Waals surface area contributed by atoms with E-state index in [2.05, 4.69) is 0 Å². The molecule has 0 amide bonds. The van der Waals surface area contributed by atoms with Gasteiger partial charge in [0.1, 0.15) is 5.82 Å². The van der Waals surface area contributed by atoms with Gasteiger partial charge in [-0.3, -0.25) is 0 Å². The summed E-state index contributed by atoms with van der Waals surface area (Å²) in [6.45, 7) is 2.29. The number of nitrogens with zero attached hydrogens (tertiary/aromatic N) is 1. The highest BCUT2D eigenvalue weighted by Crippen LogP contribution is 2.36. The summed E-state index contributed by atoms with van der Waals surface area (Å²) in [6, 6.07) is 11.4. The van der Waals surface area contributed by atoms with E-state index in [1.54, 1.807) is 19.1 Å². The zero-order chi connectivity index (χ0) is 18.7. The van der Waals surface area contributed by atoms with Crippen LogP contribution in [0.2, 0.25) is 0 Å². The molecule has 7 heteroatoms. The molecule has 0 N–H and O–H groups in total. The quantitative estimate of drug-likeness (QED) is 0.748. The van der Waals surface area contributed by atoms with E-state index in [0.29, 0.717) is 13.0 Å². The molecule has 26 heavy (non-hydrogen) atoms. The largest absolute Gasteiger partial charge is 0.462 e. The van der Waals surface area contributed by atoms with Gasteiger partial charge in [-0.15, -0.1) is 0 Å². The highest BCUT2D eigenvalue weighted by molar-refractivity contribution is 7.89. The average Bonchev–Trinajstić information content (AvgIpc) is 3.13. The third-order valence-electron chi connectivity index (χ3n) is 4.41. The smallest absolute Gasteiger partial charge is 0.338 e. The molecule has 1 heterocycles. The highest BCUT2D eigenvalue weighted by Gasteiger charge is 2.36. The normalized spacial score (nSPS) is 18.0. The van der Waals surface area contributed by atoms with Crippen LogP contribution in [0.5, 0.6) is 0 Å². The molecule has 0 radical (unpaired) electrons. The van der Waals surface area contributed by atoms with Crippen LogP contribution in [0.15, 0.2) is 53.4 Å². The van der Waals surface area contributed by atoms with E-state index in [9.17, 15) is 17.6 Å². The van der Waals surface area contributed by atoms with E-state index in [1.165, 1.54) is 40.7 Å². The lowest BCUT2D eigenvalue weighted by molar-refractivity contribution is 0.0526. The Balaban J connectivity index is 1.93. The summed E-state index contributed by atoms with van der Waals surface area (Å²) in [5.74, 6) is -0.913. The summed E-state index contributed by atoms with van der Waals surface area (Å²) in [5, 5.41) is 0. The zero-order valence-corrected chi connectivity index (χ0v) is 15.2. The molecule has 5 nitrogen and oxygen atoms in total. The van der Waals surface area contributed by atoms with Gasteiger partial charge in [0.05, 0.1) is 23.1 Å². The Bertz CT molecular complexity index is 896. The Hall–Kier alpha value is -2.25. The lowest BCUT2D eigenvalue weighted by Gasteiger charge is -2.24. The van der Waals surface area contributed by atoms with E-state index in [4.69, 9.17) is 4.74 Å². The average molecular weight is 377 g/mol. The molecule has 138 valence electrons. The molecular formula is C19H20FNO4S. The van der Waals surface area contributed by atoms with Gasteiger partial charge in [-0.05, 0) is 55.7 Å². The van der Waals surface area contributed by atoms with Gasteiger partial charge in [-0.25, -0.2) is 17.6 Å². The predicted octanol–water partition coefficient (Wildman–Crippen LogP) is 3.53. The Labute approximate surface area is 152 Å². The molecule has 0 bridgehead atoms. The molecule has 3 rings (SSSR count). The standard InChI is InChI=1S/C19H20FNO4S/c1-2-25-19(22)15-5-3-6-17(13-15)26(23,24)21-12-4-7-18(21)14-8-10-16(20)11-9-14/h3,5-6,8-11,13,18H,2,4,7,12H2,1H3. The number of ether oxygens (including phenoxy) is 1. The fourth-order valence-corrected chi connectivity index (χ4v) is 4.91. The van der Waals surface area contributed by atoms with Crippen LogP contribution in [-0.4, -0.2) is 31.8 Å². The molecule has 1 saturated heterocycles. The summed E-state index contributed by atoms with van der Waals surface area (Å²) >= 11 is 0. The first-order chi connectivity index (χ1) is 12.4. The van der Waals surface area contributed by atoms with Crippen LogP contribution in [0.4, 0.5) is 4.39 Å². The van der Waals surface area contributed by atoms with Crippen LogP contribution in [0.1, 0.15) is 41.7 Å². The molecule has 1 aliphatic rings. The zero-order valence-electron chi connectivity index (χ0n) is 14.4. The van der Waals surface area contributed by atoms with Crippen LogP contribution >= 0.6 is 0 Å². The van der Waals surface area contributed by atoms with Gasteiger partial charge in [-0.1, -0.05) is 18.2 Å². The lowest BCUT2D eigenvalue weighted by Crippen LogP contribution is -2.30. The predicted molar refractivity (Wildman–Crippen MR) is 94.7 cm³/mol. The fourth-order valence-electron chi connectivity index (χ4n) is 3.18. The lowest BCUT2D eigenvalue weighted by atomic mass is 10.1. The van der Waals surface area contributed by atoms with Gasteiger partial charge >= 0.3 is 5.97 Å². The van der Waals surface area contributed by atoms with Gasteiger partial charge in [-0.2, -0.15) is 4.31 Å². The van der Waals surface area contributed by atoms with Crippen LogP contribution in [0.3, 0.4) is 0 Å². The maximum atomic E-state index is 13.2. The second kappa shape index (κ2) is 7.55. The molecule has 1 atom stereocenters. The third kappa shape index (κ3) is 3.64. The van der Waals surface area contributed by atoms with E-state index < -0.39 is 16.0 Å². The van der Waals surface area contributed by atoms with Gasteiger partial charge in [0, 0.05) is 6.54 Å². The van der Waals surface area contributed by atoms with Crippen molar-refractivity contribution in [2.24, 2.45) is 0 Å². The summed E-state index contributed by atoms with van der Waals surface area (Å²) in [6.07, 6.45) is 1.39. The Morgan fingerprint density at radius 3 is 2.65 bits per heavy atom. The minimum Gasteiger partial charge on any atom is -0.462 e. The Kier molecular flexibility index (Phi) is 5.38. The third-order valence-corrected chi connectivity index (χ3v) is 6.31. The van der Waals surface area contributed by atoms with Gasteiger partial charge in [0.2, 0.25) is 10.0 Å². The minimum atomic E-state index is -3.79. The first kappa shape index (κ1) is 18.5. The molecule has 0 aromatic heterocycles. The van der Waals surface area contributed by atoms with Crippen molar-refractivity contribution in [3.05, 3.63) is 65.5 Å². The second-order valence-corrected chi connectivity index (χ2v) is 7.96. The molecule has 0 aliphatic carbocycles. The summed E-state index contributed by atoms with van der Waals surface area (Å²) in [4.78, 5) is 11.9. The highest BCUT2D eigenvalue weighted by atomic mass is 32.2. The molecule has 0 saturated carbocycles. The van der Waals surface area contributed by atoms with Crippen molar-refractivity contribution in [1.82, 2.24) is 4.31 Å². The molecular weight excluding hydrogens is 357 g/mol. The number of hydrogen-bond donors (Lipinski definition) is 0. The fraction of sp³-hybridized carbons (Fsp3) is 0.316. The van der Waals surface area contributed by atoms with Gasteiger partial charge < -0.3 is 4.74 Å². The van der Waals surface area contributed by atoms with Crippen molar-refractivity contribution < 1.29 is 22.3 Å². The Morgan fingerprint density at radius 2 is 1.96 bits per heavy atom. The SMILES string of the molecule is CCOC(=O)c1cccc(S(=O)(=O)N2CCCC2c2ccc(F)cc2)c1. The van der Waals surface area contributed by atoms with E-state index in [1.807, 2.05) is 0 Å². The maximum Gasteiger partial charge on any atom is 0.338 e. The van der Waals surface area contributed by atoms with Gasteiger partial charge in [0.25, 0.3) is 0 Å². The van der Waals surface area contributed by atoms with Crippen molar-refractivity contribution >= 4 is 16.0 Å². The summed E-state index contributed by atoms with van der Waals surface area (Å²) in [7, 11) is -3.79. The maximum absolute atomic E-state index is 13.2. The van der Waals surface area contributed by atoms with Crippen LogP contribution in [0, 0.1) is 5.82 Å². The van der Waals surface area contributed by atoms with E-state index in [0.717, 1.165) is 12.0 Å². The number of rotatable bonds is 5. The first-order valence-corrected chi connectivity index (χ1v) is 9.92. The number of benzene rings is 2. The Morgan fingerprint density at radius 1 is 1.23 bits per heavy atom. The summed E-state index contributed by atoms with van der Waals surface area (Å²) in [5.41, 5.74) is 0.958. The number of carbonyl (C=O) groups is 1. The van der Waals surface area contributed by atoms with Crippen LogP contribution in [0.25, 0.3) is 0 Å². The monoisotopic (exact) mass is 377 g/mol. The number of carbonyl (C=O) groups excluding carboxylic acids is 1. The van der Waals surface area contributed by atoms with Crippen LogP contribution in [-0.2, 0) is 14.8 Å². The van der Waals surface area contributed by atoms with Crippen molar-refractivity contribution in [2.45, 2.75) is 30.7 Å². The first-order valence-electron chi connectivity index (χ1n) is 8.48. The number of esters is 1. The minimum absolute atomic E-state index is 0.0528. The van der Waals surface area contributed by atoms with E-state index >= 15 is 0 Å². The van der Waals surface area contributed by atoms with Crippen LogP contribution < -0.4 is 0 Å². The van der Waals surface area contributed by atoms with Crippen molar-refractivity contribution in [3.63, 3.8) is 0 Å². The summed E-state index contributed by atoms with van der Waals surface area (Å²) < 4.78 is 45.8.